The third kappa shape index (κ3) is 1.65. The fourth-order valence-corrected chi connectivity index (χ4v) is 1.82. The summed E-state index contributed by atoms with van der Waals surface area (Å²) in [6, 6.07) is 0. The Balaban J connectivity index is 1.97. The lowest BCUT2D eigenvalue weighted by molar-refractivity contribution is -0.0883. The van der Waals surface area contributed by atoms with Crippen LogP contribution >= 0.6 is 0 Å². The summed E-state index contributed by atoms with van der Waals surface area (Å²) >= 11 is 0. The summed E-state index contributed by atoms with van der Waals surface area (Å²) < 4.78 is 1.98. The Morgan fingerprint density at radius 3 is 2.50 bits per heavy atom. The molecule has 1 aliphatic heterocycles. The molecule has 0 amide bonds. The zero-order chi connectivity index (χ0) is 10.3. The van der Waals surface area contributed by atoms with Gasteiger partial charge in [-0.25, -0.2) is 0 Å². The molecule has 2 heterocycles. The normalized spacial score (nSPS) is 20.9. The summed E-state index contributed by atoms with van der Waals surface area (Å²) in [7, 11) is 1.96. The van der Waals surface area contributed by atoms with E-state index < -0.39 is 5.60 Å². The van der Waals surface area contributed by atoms with Crippen LogP contribution in [0.1, 0.15) is 18.6 Å². The first-order valence-corrected chi connectivity index (χ1v) is 4.77. The van der Waals surface area contributed by atoms with Crippen LogP contribution in [0.25, 0.3) is 0 Å². The molecule has 1 aromatic heterocycles. The molecule has 0 atom stereocenters. The van der Waals surface area contributed by atoms with Crippen molar-refractivity contribution in [2.45, 2.75) is 26.0 Å². The van der Waals surface area contributed by atoms with Crippen molar-refractivity contribution in [3.05, 3.63) is 11.6 Å². The van der Waals surface area contributed by atoms with E-state index >= 15 is 0 Å². The minimum atomic E-state index is -0.506. The number of nitrogens with zero attached hydrogens (tertiary/aromatic N) is 4. The van der Waals surface area contributed by atoms with Crippen LogP contribution in [0.15, 0.2) is 0 Å². The first-order valence-electron chi connectivity index (χ1n) is 4.77. The molecule has 0 radical (unpaired) electrons. The molecule has 1 aromatic rings. The van der Waals surface area contributed by atoms with Gasteiger partial charge in [-0.2, -0.15) is 0 Å². The number of likely N-dealkylation sites (tertiary alicyclic amines) is 1. The van der Waals surface area contributed by atoms with Gasteiger partial charge in [0.05, 0.1) is 12.1 Å². The van der Waals surface area contributed by atoms with Crippen LogP contribution in [0.3, 0.4) is 0 Å². The second kappa shape index (κ2) is 3.03. The molecular formula is C9H16N4O. The maximum atomic E-state index is 9.55. The van der Waals surface area contributed by atoms with E-state index in [9.17, 15) is 5.11 Å². The Hall–Kier alpha value is -0.940. The summed E-state index contributed by atoms with van der Waals surface area (Å²) in [5.41, 5.74) is -0.506. The molecule has 1 N–H and O–H groups in total. The molecular weight excluding hydrogens is 180 g/mol. The van der Waals surface area contributed by atoms with Gasteiger partial charge < -0.3 is 9.67 Å². The first-order chi connectivity index (χ1) is 6.48. The summed E-state index contributed by atoms with van der Waals surface area (Å²) in [4.78, 5) is 2.16. The standard InChI is InChI=1S/C9H16N4O/c1-7-10-11-8(12(7)3)4-13-5-9(2,14)6-13/h14H,4-6H2,1-3H3. The van der Waals surface area contributed by atoms with Crippen molar-refractivity contribution in [2.24, 2.45) is 7.05 Å². The predicted octanol–water partition coefficient (Wildman–Crippen LogP) is -0.310. The number of aryl methyl sites for hydroxylation is 1. The average molecular weight is 196 g/mol. The number of aromatic nitrogens is 3. The van der Waals surface area contributed by atoms with E-state index in [1.165, 1.54) is 0 Å². The number of β-amino-alcohol motifs (C(OH)–C–C–N with tert-alkyl or cyclic N) is 1. The highest BCUT2D eigenvalue weighted by Crippen LogP contribution is 2.21. The van der Waals surface area contributed by atoms with E-state index in [1.54, 1.807) is 0 Å². The van der Waals surface area contributed by atoms with Crippen LogP contribution in [0.4, 0.5) is 0 Å². The second-order valence-corrected chi connectivity index (χ2v) is 4.36. The Kier molecular flexibility index (Phi) is 2.08. The Bertz CT molecular complexity index is 337. The van der Waals surface area contributed by atoms with E-state index in [2.05, 4.69) is 15.1 Å². The quantitative estimate of drug-likeness (QED) is 0.705. The molecule has 0 aliphatic carbocycles. The van der Waals surface area contributed by atoms with Gasteiger partial charge in [0.15, 0.2) is 0 Å². The Labute approximate surface area is 83.4 Å². The topological polar surface area (TPSA) is 54.2 Å². The van der Waals surface area contributed by atoms with Crippen molar-refractivity contribution < 1.29 is 5.11 Å². The number of hydrogen-bond acceptors (Lipinski definition) is 4. The molecule has 2 rings (SSSR count). The van der Waals surface area contributed by atoms with Crippen LogP contribution in [-0.4, -0.2) is 43.5 Å². The van der Waals surface area contributed by atoms with Crippen molar-refractivity contribution in [1.29, 1.82) is 0 Å². The molecule has 14 heavy (non-hydrogen) atoms. The van der Waals surface area contributed by atoms with E-state index in [-0.39, 0.29) is 0 Å². The van der Waals surface area contributed by atoms with Crippen molar-refractivity contribution in [1.82, 2.24) is 19.7 Å². The smallest absolute Gasteiger partial charge is 0.146 e. The minimum Gasteiger partial charge on any atom is -0.388 e. The average Bonchev–Trinajstić information content (AvgIpc) is 2.33. The zero-order valence-electron chi connectivity index (χ0n) is 8.86. The van der Waals surface area contributed by atoms with Crippen LogP contribution in [0, 0.1) is 6.92 Å². The molecule has 1 fully saturated rings. The largest absolute Gasteiger partial charge is 0.388 e. The molecule has 0 bridgehead atoms. The molecule has 5 nitrogen and oxygen atoms in total. The molecule has 1 saturated heterocycles. The summed E-state index contributed by atoms with van der Waals surface area (Å²) in [6.45, 7) is 6.00. The fourth-order valence-electron chi connectivity index (χ4n) is 1.82. The molecule has 1 aliphatic rings. The lowest BCUT2D eigenvalue weighted by Crippen LogP contribution is -2.59. The van der Waals surface area contributed by atoms with E-state index in [4.69, 9.17) is 0 Å². The maximum absolute atomic E-state index is 9.55. The number of hydrogen-bond donors (Lipinski definition) is 1. The maximum Gasteiger partial charge on any atom is 0.146 e. The van der Waals surface area contributed by atoms with Gasteiger partial charge >= 0.3 is 0 Å². The summed E-state index contributed by atoms with van der Waals surface area (Å²) in [5, 5.41) is 17.6. The minimum absolute atomic E-state index is 0.506. The zero-order valence-corrected chi connectivity index (χ0v) is 8.86. The van der Waals surface area contributed by atoms with Gasteiger partial charge in [-0.1, -0.05) is 0 Å². The summed E-state index contributed by atoms with van der Waals surface area (Å²) in [5.74, 6) is 1.88. The molecule has 0 spiro atoms. The van der Waals surface area contributed by atoms with Gasteiger partial charge in [0.25, 0.3) is 0 Å². The van der Waals surface area contributed by atoms with Gasteiger partial charge in [0.2, 0.25) is 0 Å². The van der Waals surface area contributed by atoms with Gasteiger partial charge in [-0.3, -0.25) is 4.90 Å². The third-order valence-electron chi connectivity index (χ3n) is 2.68. The highest BCUT2D eigenvalue weighted by molar-refractivity contribution is 4.98. The lowest BCUT2D eigenvalue weighted by atomic mass is 9.97. The highest BCUT2D eigenvalue weighted by atomic mass is 16.3. The van der Waals surface area contributed by atoms with Gasteiger partial charge in [-0.05, 0) is 13.8 Å². The Morgan fingerprint density at radius 1 is 1.43 bits per heavy atom. The van der Waals surface area contributed by atoms with Crippen LogP contribution in [-0.2, 0) is 13.6 Å². The fraction of sp³-hybridized carbons (Fsp3) is 0.778. The van der Waals surface area contributed by atoms with Crippen molar-refractivity contribution in [2.75, 3.05) is 13.1 Å². The monoisotopic (exact) mass is 196 g/mol. The molecule has 5 heteroatoms. The molecule has 0 saturated carbocycles. The lowest BCUT2D eigenvalue weighted by Gasteiger charge is -2.43. The van der Waals surface area contributed by atoms with E-state index in [1.807, 2.05) is 25.5 Å². The predicted molar refractivity (Wildman–Crippen MR) is 51.6 cm³/mol. The second-order valence-electron chi connectivity index (χ2n) is 4.36. The molecule has 0 aromatic carbocycles. The number of aliphatic hydroxyl groups is 1. The first kappa shape index (κ1) is 9.61. The van der Waals surface area contributed by atoms with Gasteiger partial charge in [0, 0.05) is 20.1 Å². The molecule has 0 unspecified atom stereocenters. The van der Waals surface area contributed by atoms with Crippen LogP contribution in [0.2, 0.25) is 0 Å². The van der Waals surface area contributed by atoms with E-state index in [0.717, 1.165) is 31.3 Å². The van der Waals surface area contributed by atoms with Gasteiger partial charge in [0.1, 0.15) is 11.6 Å². The Morgan fingerprint density at radius 2 is 2.07 bits per heavy atom. The number of rotatable bonds is 2. The third-order valence-corrected chi connectivity index (χ3v) is 2.68. The highest BCUT2D eigenvalue weighted by Gasteiger charge is 2.36. The van der Waals surface area contributed by atoms with E-state index in [0.29, 0.717) is 0 Å². The summed E-state index contributed by atoms with van der Waals surface area (Å²) in [6.07, 6.45) is 0. The van der Waals surface area contributed by atoms with Crippen molar-refractivity contribution >= 4 is 0 Å². The van der Waals surface area contributed by atoms with Gasteiger partial charge in [-0.15, -0.1) is 10.2 Å². The van der Waals surface area contributed by atoms with Crippen molar-refractivity contribution in [3.8, 4) is 0 Å². The SMILES string of the molecule is Cc1nnc(CN2CC(C)(O)C2)n1C. The van der Waals surface area contributed by atoms with Crippen LogP contribution < -0.4 is 0 Å². The van der Waals surface area contributed by atoms with Crippen molar-refractivity contribution in [3.63, 3.8) is 0 Å². The molecule has 78 valence electrons. The van der Waals surface area contributed by atoms with Crippen LogP contribution in [0.5, 0.6) is 0 Å².